The molecule has 1 aliphatic heterocycles. The molecule has 0 saturated carbocycles. The summed E-state index contributed by atoms with van der Waals surface area (Å²) in [5, 5.41) is 0. The second-order valence-corrected chi connectivity index (χ2v) is 7.67. The van der Waals surface area contributed by atoms with Crippen molar-refractivity contribution in [1.82, 2.24) is 24.3 Å². The lowest BCUT2D eigenvalue weighted by Gasteiger charge is -2.41. The lowest BCUT2D eigenvalue weighted by atomic mass is 10.1. The van der Waals surface area contributed by atoms with Crippen molar-refractivity contribution in [3.8, 4) is 0 Å². The van der Waals surface area contributed by atoms with Gasteiger partial charge < -0.3 is 14.2 Å². The number of ether oxygens (including phenoxy) is 1. The van der Waals surface area contributed by atoms with Gasteiger partial charge in [0, 0.05) is 58.0 Å². The lowest BCUT2D eigenvalue weighted by molar-refractivity contribution is 0.000559. The van der Waals surface area contributed by atoms with Crippen molar-refractivity contribution >= 4 is 6.09 Å². The van der Waals surface area contributed by atoms with Crippen LogP contribution in [0.4, 0.5) is 4.79 Å². The Kier molecular flexibility index (Phi) is 5.27. The van der Waals surface area contributed by atoms with Crippen molar-refractivity contribution in [2.75, 3.05) is 19.6 Å². The van der Waals surface area contributed by atoms with E-state index in [-0.39, 0.29) is 12.1 Å². The summed E-state index contributed by atoms with van der Waals surface area (Å²) in [4.78, 5) is 25.4. The van der Waals surface area contributed by atoms with Crippen LogP contribution in [0.3, 0.4) is 0 Å². The minimum absolute atomic E-state index is 0.0106. The first kappa shape index (κ1) is 18.4. The van der Waals surface area contributed by atoms with Gasteiger partial charge in [-0.25, -0.2) is 9.78 Å². The van der Waals surface area contributed by atoms with Gasteiger partial charge in [0.2, 0.25) is 0 Å². The standard InChI is InChI=1S/C19H27N5O2/c1-19(2,3)26-18(25)24-11-10-23(13-15-6-5-7-20-12-15)16(14-24)17-21-8-9-22(17)4/h5-9,12,16H,10-11,13-14H2,1-4H3/t16-/m1/s1. The highest BCUT2D eigenvalue weighted by atomic mass is 16.6. The molecule has 2 aromatic heterocycles. The third kappa shape index (κ3) is 4.40. The third-order valence-corrected chi connectivity index (χ3v) is 4.41. The highest BCUT2D eigenvalue weighted by molar-refractivity contribution is 5.68. The number of piperazine rings is 1. The van der Waals surface area contributed by atoms with E-state index in [0.717, 1.165) is 24.5 Å². The summed E-state index contributed by atoms with van der Waals surface area (Å²) in [5.74, 6) is 0.946. The van der Waals surface area contributed by atoms with Gasteiger partial charge in [0.1, 0.15) is 11.4 Å². The number of rotatable bonds is 3. The van der Waals surface area contributed by atoms with E-state index in [1.165, 1.54) is 0 Å². The second kappa shape index (κ2) is 7.45. The molecule has 0 spiro atoms. The minimum Gasteiger partial charge on any atom is -0.444 e. The molecule has 0 bridgehead atoms. The van der Waals surface area contributed by atoms with Crippen LogP contribution < -0.4 is 0 Å². The largest absolute Gasteiger partial charge is 0.444 e. The van der Waals surface area contributed by atoms with Crippen LogP contribution in [-0.4, -0.2) is 55.7 Å². The number of pyridine rings is 1. The number of carbonyl (C=O) groups excluding carboxylic acids is 1. The summed E-state index contributed by atoms with van der Waals surface area (Å²) in [6.07, 6.45) is 7.13. The second-order valence-electron chi connectivity index (χ2n) is 7.67. The molecule has 1 amide bonds. The van der Waals surface area contributed by atoms with Gasteiger partial charge in [-0.15, -0.1) is 0 Å². The van der Waals surface area contributed by atoms with E-state index in [4.69, 9.17) is 4.74 Å². The molecule has 2 aromatic rings. The fourth-order valence-electron chi connectivity index (χ4n) is 3.17. The molecular formula is C19H27N5O2. The van der Waals surface area contributed by atoms with Gasteiger partial charge in [-0.1, -0.05) is 6.07 Å². The number of hydrogen-bond acceptors (Lipinski definition) is 5. The van der Waals surface area contributed by atoms with Crippen LogP contribution in [0.2, 0.25) is 0 Å². The zero-order valence-electron chi connectivity index (χ0n) is 15.9. The molecule has 1 atom stereocenters. The maximum atomic E-state index is 12.5. The topological polar surface area (TPSA) is 63.5 Å². The van der Waals surface area contributed by atoms with Crippen molar-refractivity contribution in [2.45, 2.75) is 39.0 Å². The molecule has 0 aromatic carbocycles. The molecule has 1 fully saturated rings. The molecule has 3 rings (SSSR count). The monoisotopic (exact) mass is 357 g/mol. The summed E-state index contributed by atoms with van der Waals surface area (Å²) in [7, 11) is 1.98. The number of aryl methyl sites for hydroxylation is 1. The fraction of sp³-hybridized carbons (Fsp3) is 0.526. The van der Waals surface area contributed by atoms with Crippen LogP contribution in [-0.2, 0) is 18.3 Å². The maximum absolute atomic E-state index is 12.5. The van der Waals surface area contributed by atoms with Crippen LogP contribution >= 0.6 is 0 Å². The van der Waals surface area contributed by atoms with Gasteiger partial charge in [-0.05, 0) is 32.4 Å². The SMILES string of the molecule is Cn1ccnc1[C@H]1CN(C(=O)OC(C)(C)C)CCN1Cc1cccnc1. The van der Waals surface area contributed by atoms with E-state index in [1.807, 2.05) is 50.8 Å². The fourth-order valence-corrected chi connectivity index (χ4v) is 3.17. The van der Waals surface area contributed by atoms with Gasteiger partial charge in [-0.2, -0.15) is 0 Å². The first-order valence-corrected chi connectivity index (χ1v) is 8.91. The Morgan fingerprint density at radius 3 is 2.73 bits per heavy atom. The smallest absolute Gasteiger partial charge is 0.410 e. The Balaban J connectivity index is 1.79. The van der Waals surface area contributed by atoms with Crippen molar-refractivity contribution in [2.24, 2.45) is 7.05 Å². The Bertz CT molecular complexity index is 738. The van der Waals surface area contributed by atoms with Gasteiger partial charge in [0.05, 0.1) is 6.04 Å². The van der Waals surface area contributed by atoms with Crippen molar-refractivity contribution in [3.05, 3.63) is 48.3 Å². The van der Waals surface area contributed by atoms with Crippen molar-refractivity contribution < 1.29 is 9.53 Å². The number of hydrogen-bond donors (Lipinski definition) is 0. The van der Waals surface area contributed by atoms with Crippen molar-refractivity contribution in [3.63, 3.8) is 0 Å². The Hall–Kier alpha value is -2.41. The normalized spacial score (nSPS) is 18.8. The van der Waals surface area contributed by atoms with Gasteiger partial charge in [0.15, 0.2) is 0 Å². The van der Waals surface area contributed by atoms with Gasteiger partial charge in [0.25, 0.3) is 0 Å². The lowest BCUT2D eigenvalue weighted by Crippen LogP contribution is -2.51. The first-order valence-electron chi connectivity index (χ1n) is 8.91. The number of aromatic nitrogens is 3. The number of carbonyl (C=O) groups is 1. The first-order chi connectivity index (χ1) is 12.3. The van der Waals surface area contributed by atoms with Crippen LogP contribution in [0.5, 0.6) is 0 Å². The van der Waals surface area contributed by atoms with Gasteiger partial charge >= 0.3 is 6.09 Å². The molecule has 0 radical (unpaired) electrons. The summed E-state index contributed by atoms with van der Waals surface area (Å²) in [5.41, 5.74) is 0.653. The highest BCUT2D eigenvalue weighted by Gasteiger charge is 2.34. The van der Waals surface area contributed by atoms with E-state index in [0.29, 0.717) is 13.1 Å². The maximum Gasteiger partial charge on any atom is 0.410 e. The van der Waals surface area contributed by atoms with Crippen LogP contribution in [0.15, 0.2) is 36.9 Å². The highest BCUT2D eigenvalue weighted by Crippen LogP contribution is 2.26. The Morgan fingerprint density at radius 1 is 1.31 bits per heavy atom. The van der Waals surface area contributed by atoms with Crippen LogP contribution in [0.1, 0.15) is 38.2 Å². The predicted octanol–water partition coefficient (Wildman–Crippen LogP) is 2.61. The van der Waals surface area contributed by atoms with E-state index in [9.17, 15) is 4.79 Å². The third-order valence-electron chi connectivity index (χ3n) is 4.41. The van der Waals surface area contributed by atoms with E-state index in [1.54, 1.807) is 17.3 Å². The number of imidazole rings is 1. The molecule has 0 aliphatic carbocycles. The molecule has 3 heterocycles. The Morgan fingerprint density at radius 2 is 2.12 bits per heavy atom. The molecule has 140 valence electrons. The zero-order valence-corrected chi connectivity index (χ0v) is 15.9. The molecule has 1 aliphatic rings. The average Bonchev–Trinajstić information content (AvgIpc) is 3.00. The van der Waals surface area contributed by atoms with Crippen LogP contribution in [0.25, 0.3) is 0 Å². The zero-order chi connectivity index (χ0) is 18.7. The van der Waals surface area contributed by atoms with E-state index in [2.05, 4.69) is 20.9 Å². The molecule has 0 N–H and O–H groups in total. The van der Waals surface area contributed by atoms with E-state index >= 15 is 0 Å². The van der Waals surface area contributed by atoms with Gasteiger partial charge in [-0.3, -0.25) is 9.88 Å². The molecule has 1 saturated heterocycles. The summed E-state index contributed by atoms with van der Waals surface area (Å²) in [6, 6.07) is 4.03. The quantitative estimate of drug-likeness (QED) is 0.845. The minimum atomic E-state index is -0.497. The molecule has 26 heavy (non-hydrogen) atoms. The summed E-state index contributed by atoms with van der Waals surface area (Å²) in [6.45, 7) is 8.38. The van der Waals surface area contributed by atoms with E-state index < -0.39 is 5.60 Å². The Labute approximate surface area is 154 Å². The average molecular weight is 357 g/mol. The van der Waals surface area contributed by atoms with Crippen LogP contribution in [0, 0.1) is 0 Å². The summed E-state index contributed by atoms with van der Waals surface area (Å²) >= 11 is 0. The van der Waals surface area contributed by atoms with Crippen molar-refractivity contribution in [1.29, 1.82) is 0 Å². The number of nitrogens with zero attached hydrogens (tertiary/aromatic N) is 5. The molecule has 0 unspecified atom stereocenters. The molecule has 7 nitrogen and oxygen atoms in total. The molecular weight excluding hydrogens is 330 g/mol. The number of amides is 1. The predicted molar refractivity (Wildman–Crippen MR) is 98.4 cm³/mol. The molecule has 7 heteroatoms. The summed E-state index contributed by atoms with van der Waals surface area (Å²) < 4.78 is 7.57.